The normalized spacial score (nSPS) is 17.8. The number of carbonyl (C=O) groups excluding carboxylic acids is 1. The van der Waals surface area contributed by atoms with Crippen LogP contribution in [0, 0.1) is 12.8 Å². The summed E-state index contributed by atoms with van der Waals surface area (Å²) in [5.74, 6) is 0.261. The van der Waals surface area contributed by atoms with Crippen molar-refractivity contribution in [1.29, 1.82) is 0 Å². The van der Waals surface area contributed by atoms with Gasteiger partial charge in [-0.25, -0.2) is 0 Å². The molecule has 1 aliphatic rings. The van der Waals surface area contributed by atoms with E-state index in [0.29, 0.717) is 18.0 Å². The molecule has 0 bridgehead atoms. The molecule has 24 heavy (non-hydrogen) atoms. The van der Waals surface area contributed by atoms with E-state index >= 15 is 0 Å². The van der Waals surface area contributed by atoms with Crippen LogP contribution in [0.25, 0.3) is 0 Å². The second-order valence-electron chi connectivity index (χ2n) is 6.44. The Hall–Kier alpha value is -2.40. The van der Waals surface area contributed by atoms with Gasteiger partial charge in [0.25, 0.3) is 5.91 Å². The fourth-order valence-electron chi connectivity index (χ4n) is 3.11. The molecule has 126 valence electrons. The molecule has 5 nitrogen and oxygen atoms in total. The molecule has 1 atom stereocenters. The van der Waals surface area contributed by atoms with Crippen LogP contribution >= 0.6 is 0 Å². The molecule has 2 heterocycles. The van der Waals surface area contributed by atoms with Crippen LogP contribution in [0.15, 0.2) is 42.6 Å². The number of likely N-dealkylation sites (tertiary alicyclic amines) is 1. The summed E-state index contributed by atoms with van der Waals surface area (Å²) in [6, 6.07) is 11.1. The Kier molecular flexibility index (Phi) is 5.11. The van der Waals surface area contributed by atoms with E-state index in [9.17, 15) is 9.90 Å². The quantitative estimate of drug-likeness (QED) is 0.886. The van der Waals surface area contributed by atoms with Crippen molar-refractivity contribution in [1.82, 2.24) is 15.2 Å². The average molecular weight is 325 g/mol. The van der Waals surface area contributed by atoms with Gasteiger partial charge in [0, 0.05) is 25.8 Å². The molecule has 1 fully saturated rings. The van der Waals surface area contributed by atoms with Gasteiger partial charge in [-0.3, -0.25) is 14.7 Å². The Morgan fingerprint density at radius 1 is 1.38 bits per heavy atom. The van der Waals surface area contributed by atoms with Crippen molar-refractivity contribution in [3.63, 3.8) is 0 Å². The maximum Gasteiger partial charge on any atom is 0.255 e. The molecule has 0 unspecified atom stereocenters. The van der Waals surface area contributed by atoms with E-state index in [-0.39, 0.29) is 11.7 Å². The third-order valence-electron chi connectivity index (χ3n) is 4.43. The van der Waals surface area contributed by atoms with Crippen LogP contribution in [0.4, 0.5) is 0 Å². The highest BCUT2D eigenvalue weighted by atomic mass is 16.3. The van der Waals surface area contributed by atoms with Gasteiger partial charge in [-0.15, -0.1) is 0 Å². The highest BCUT2D eigenvalue weighted by molar-refractivity contribution is 5.96. The van der Waals surface area contributed by atoms with Crippen LogP contribution in [0.2, 0.25) is 0 Å². The molecule has 1 aromatic carbocycles. The number of nitrogens with zero attached hydrogens (tertiary/aromatic N) is 2. The lowest BCUT2D eigenvalue weighted by Crippen LogP contribution is -2.31. The van der Waals surface area contributed by atoms with Crippen LogP contribution in [-0.4, -0.2) is 40.5 Å². The number of amides is 1. The maximum absolute atomic E-state index is 12.2. The number of hydrogen-bond donors (Lipinski definition) is 2. The van der Waals surface area contributed by atoms with E-state index < -0.39 is 0 Å². The molecule has 1 amide bonds. The zero-order valence-electron chi connectivity index (χ0n) is 13.9. The molecule has 5 heteroatoms. The minimum absolute atomic E-state index is 0.0377. The second-order valence-corrected chi connectivity index (χ2v) is 6.44. The number of phenolic OH excluding ortho intramolecular Hbond substituents is 1. The van der Waals surface area contributed by atoms with Crippen molar-refractivity contribution in [2.45, 2.75) is 19.9 Å². The maximum atomic E-state index is 12.2. The zero-order chi connectivity index (χ0) is 16.9. The minimum Gasteiger partial charge on any atom is -0.507 e. The number of nitrogens with one attached hydrogen (secondary N) is 1. The lowest BCUT2D eigenvalue weighted by molar-refractivity contribution is 0.0944. The average Bonchev–Trinajstić information content (AvgIpc) is 3.01. The summed E-state index contributed by atoms with van der Waals surface area (Å²) in [5, 5.41) is 12.8. The molecule has 0 radical (unpaired) electrons. The fraction of sp³-hybridized carbons (Fsp3) is 0.368. The Labute approximate surface area is 142 Å². The first-order valence-electron chi connectivity index (χ1n) is 8.32. The molecular formula is C19H23N3O2. The molecule has 2 aromatic rings. The summed E-state index contributed by atoms with van der Waals surface area (Å²) in [7, 11) is 0. The number of pyridine rings is 1. The summed E-state index contributed by atoms with van der Waals surface area (Å²) < 4.78 is 0. The monoisotopic (exact) mass is 325 g/mol. The van der Waals surface area contributed by atoms with Crippen molar-refractivity contribution in [3.05, 3.63) is 59.4 Å². The smallest absolute Gasteiger partial charge is 0.255 e. The van der Waals surface area contributed by atoms with E-state index in [4.69, 9.17) is 0 Å². The van der Waals surface area contributed by atoms with E-state index in [0.717, 1.165) is 37.3 Å². The zero-order valence-corrected chi connectivity index (χ0v) is 13.9. The summed E-state index contributed by atoms with van der Waals surface area (Å²) in [5.41, 5.74) is 2.35. The molecule has 0 spiro atoms. The number of aromatic nitrogens is 1. The Bertz CT molecular complexity index is 703. The standard InChI is InChI=1S/C19H23N3O2/c1-14-5-6-17(18(23)10-14)19(24)21-11-15-7-9-22(12-15)13-16-4-2-3-8-20-16/h2-6,8,10,15,23H,7,9,11-13H2,1H3,(H,21,24)/t15-/m1/s1. The molecule has 3 rings (SSSR count). The van der Waals surface area contributed by atoms with Crippen LogP contribution in [0.5, 0.6) is 5.75 Å². The van der Waals surface area contributed by atoms with Gasteiger partial charge in [-0.2, -0.15) is 0 Å². The molecule has 1 aromatic heterocycles. The summed E-state index contributed by atoms with van der Waals surface area (Å²) >= 11 is 0. The van der Waals surface area contributed by atoms with E-state index in [1.54, 1.807) is 12.1 Å². The number of hydrogen-bond acceptors (Lipinski definition) is 4. The first-order valence-corrected chi connectivity index (χ1v) is 8.32. The van der Waals surface area contributed by atoms with Gasteiger partial charge in [-0.1, -0.05) is 12.1 Å². The highest BCUT2D eigenvalue weighted by Crippen LogP contribution is 2.20. The van der Waals surface area contributed by atoms with Crippen molar-refractivity contribution in [2.24, 2.45) is 5.92 Å². The minimum atomic E-state index is -0.212. The van der Waals surface area contributed by atoms with E-state index in [1.807, 2.05) is 37.4 Å². The summed E-state index contributed by atoms with van der Waals surface area (Å²) in [4.78, 5) is 18.9. The second kappa shape index (κ2) is 7.45. The molecule has 2 N–H and O–H groups in total. The van der Waals surface area contributed by atoms with Crippen LogP contribution < -0.4 is 5.32 Å². The largest absolute Gasteiger partial charge is 0.507 e. The Morgan fingerprint density at radius 3 is 3.00 bits per heavy atom. The molecule has 1 saturated heterocycles. The first kappa shape index (κ1) is 16.5. The van der Waals surface area contributed by atoms with E-state index in [2.05, 4.69) is 15.2 Å². The van der Waals surface area contributed by atoms with Crippen LogP contribution in [0.3, 0.4) is 0 Å². The number of phenols is 1. The lowest BCUT2D eigenvalue weighted by Gasteiger charge is -2.16. The third-order valence-corrected chi connectivity index (χ3v) is 4.43. The highest BCUT2D eigenvalue weighted by Gasteiger charge is 2.23. The Balaban J connectivity index is 1.48. The number of carbonyl (C=O) groups is 1. The summed E-state index contributed by atoms with van der Waals surface area (Å²) in [6.45, 7) is 5.34. The molecular weight excluding hydrogens is 302 g/mol. The topological polar surface area (TPSA) is 65.5 Å². The SMILES string of the molecule is Cc1ccc(C(=O)NC[C@H]2CCN(Cc3ccccn3)C2)c(O)c1. The number of benzene rings is 1. The van der Waals surface area contributed by atoms with Crippen molar-refractivity contribution in [2.75, 3.05) is 19.6 Å². The van der Waals surface area contributed by atoms with Gasteiger partial charge >= 0.3 is 0 Å². The van der Waals surface area contributed by atoms with E-state index in [1.165, 1.54) is 0 Å². The van der Waals surface area contributed by atoms with Crippen LogP contribution in [-0.2, 0) is 6.54 Å². The van der Waals surface area contributed by atoms with Gasteiger partial charge < -0.3 is 10.4 Å². The predicted molar refractivity (Wildman–Crippen MR) is 92.8 cm³/mol. The van der Waals surface area contributed by atoms with Gasteiger partial charge in [0.1, 0.15) is 5.75 Å². The number of aromatic hydroxyl groups is 1. The van der Waals surface area contributed by atoms with Crippen LogP contribution in [0.1, 0.15) is 28.0 Å². The lowest BCUT2D eigenvalue weighted by atomic mass is 10.1. The predicted octanol–water partition coefficient (Wildman–Crippen LogP) is 2.35. The van der Waals surface area contributed by atoms with Gasteiger partial charge in [0.2, 0.25) is 0 Å². The Morgan fingerprint density at radius 2 is 2.25 bits per heavy atom. The number of rotatable bonds is 5. The number of aryl methyl sites for hydroxylation is 1. The van der Waals surface area contributed by atoms with Gasteiger partial charge in [-0.05, 0) is 55.6 Å². The summed E-state index contributed by atoms with van der Waals surface area (Å²) in [6.07, 6.45) is 2.88. The van der Waals surface area contributed by atoms with Gasteiger partial charge in [0.05, 0.1) is 11.3 Å². The first-order chi connectivity index (χ1) is 11.6. The fourth-order valence-corrected chi connectivity index (χ4v) is 3.11. The third kappa shape index (κ3) is 4.11. The molecule has 0 aliphatic carbocycles. The van der Waals surface area contributed by atoms with Crippen molar-refractivity contribution in [3.8, 4) is 5.75 Å². The van der Waals surface area contributed by atoms with Crippen molar-refractivity contribution < 1.29 is 9.90 Å². The van der Waals surface area contributed by atoms with Crippen molar-refractivity contribution >= 4 is 5.91 Å². The molecule has 1 aliphatic heterocycles. The molecule has 0 saturated carbocycles. The van der Waals surface area contributed by atoms with Gasteiger partial charge in [0.15, 0.2) is 0 Å².